The number of rotatable bonds is 6. The molecule has 2 aromatic rings. The summed E-state index contributed by atoms with van der Waals surface area (Å²) in [6.07, 6.45) is 1.36. The van der Waals surface area contributed by atoms with Crippen molar-refractivity contribution in [2.75, 3.05) is 24.2 Å². The Balaban J connectivity index is 1.72. The van der Waals surface area contributed by atoms with Crippen LogP contribution in [0.4, 0.5) is 5.69 Å². The molecule has 0 bridgehead atoms. The summed E-state index contributed by atoms with van der Waals surface area (Å²) in [7, 11) is -3.59. The first-order valence-corrected chi connectivity index (χ1v) is 11.9. The van der Waals surface area contributed by atoms with E-state index in [1.807, 2.05) is 31.2 Å². The number of anilines is 1. The lowest BCUT2D eigenvalue weighted by Gasteiger charge is -2.31. The first-order chi connectivity index (χ1) is 13.4. The minimum Gasteiger partial charge on any atom is -0.325 e. The molecule has 0 radical (unpaired) electrons. The zero-order chi connectivity index (χ0) is 20.1. The van der Waals surface area contributed by atoms with Crippen LogP contribution in [-0.2, 0) is 14.8 Å². The van der Waals surface area contributed by atoms with E-state index in [-0.39, 0.29) is 23.3 Å². The van der Waals surface area contributed by atoms with Gasteiger partial charge in [0.15, 0.2) is 0 Å². The highest BCUT2D eigenvalue weighted by Gasteiger charge is 2.33. The van der Waals surface area contributed by atoms with E-state index in [0.717, 1.165) is 21.9 Å². The van der Waals surface area contributed by atoms with Crippen molar-refractivity contribution in [2.45, 2.75) is 36.5 Å². The summed E-state index contributed by atoms with van der Waals surface area (Å²) < 4.78 is 27.4. The van der Waals surface area contributed by atoms with Crippen LogP contribution in [0.1, 0.15) is 25.3 Å². The molecule has 0 spiro atoms. The van der Waals surface area contributed by atoms with Gasteiger partial charge in [-0.2, -0.15) is 4.31 Å². The number of para-hydroxylation sites is 1. The third-order valence-electron chi connectivity index (χ3n) is 4.86. The van der Waals surface area contributed by atoms with Crippen LogP contribution in [0, 0.1) is 12.8 Å². The van der Waals surface area contributed by atoms with E-state index in [2.05, 4.69) is 12.2 Å². The maximum absolute atomic E-state index is 13.0. The monoisotopic (exact) mass is 418 g/mol. The minimum absolute atomic E-state index is 0.118. The molecule has 3 rings (SSSR count). The van der Waals surface area contributed by atoms with Gasteiger partial charge in [-0.15, -0.1) is 11.8 Å². The number of sulfonamides is 1. The molecular formula is C21H26N2O3S2. The number of aryl methyl sites for hydroxylation is 1. The van der Waals surface area contributed by atoms with Crippen molar-refractivity contribution < 1.29 is 13.2 Å². The predicted octanol–water partition coefficient (Wildman–Crippen LogP) is 4.15. The lowest BCUT2D eigenvalue weighted by molar-refractivity contribution is -0.120. The summed E-state index contributed by atoms with van der Waals surface area (Å²) >= 11 is 1.67. The van der Waals surface area contributed by atoms with E-state index in [4.69, 9.17) is 0 Å². The third-order valence-corrected chi connectivity index (χ3v) is 7.69. The van der Waals surface area contributed by atoms with Gasteiger partial charge in [-0.1, -0.05) is 36.8 Å². The summed E-state index contributed by atoms with van der Waals surface area (Å²) in [6, 6.07) is 14.6. The van der Waals surface area contributed by atoms with Crippen molar-refractivity contribution in [1.82, 2.24) is 4.31 Å². The van der Waals surface area contributed by atoms with Crippen LogP contribution in [0.5, 0.6) is 0 Å². The number of benzene rings is 2. The van der Waals surface area contributed by atoms with Crippen LogP contribution in [0.2, 0.25) is 0 Å². The van der Waals surface area contributed by atoms with E-state index in [0.29, 0.717) is 19.4 Å². The van der Waals surface area contributed by atoms with Crippen LogP contribution in [0.25, 0.3) is 0 Å². The Labute approximate surface area is 171 Å². The highest BCUT2D eigenvalue weighted by Crippen LogP contribution is 2.29. The Hall–Kier alpha value is -1.83. The fraction of sp³-hybridized carbons (Fsp3) is 0.381. The number of nitrogens with one attached hydrogen (secondary N) is 1. The summed E-state index contributed by atoms with van der Waals surface area (Å²) in [5.41, 5.74) is 1.80. The minimum atomic E-state index is -3.59. The molecule has 1 atom stereocenters. The number of nitrogens with zero attached hydrogens (tertiary/aromatic N) is 1. The lowest BCUT2D eigenvalue weighted by Crippen LogP contribution is -2.43. The fourth-order valence-electron chi connectivity index (χ4n) is 3.32. The van der Waals surface area contributed by atoms with E-state index < -0.39 is 10.0 Å². The van der Waals surface area contributed by atoms with Gasteiger partial charge in [-0.25, -0.2) is 8.42 Å². The number of hydrogen-bond acceptors (Lipinski definition) is 4. The van der Waals surface area contributed by atoms with Gasteiger partial charge < -0.3 is 5.32 Å². The summed E-state index contributed by atoms with van der Waals surface area (Å²) in [5.74, 6) is 0.445. The third kappa shape index (κ3) is 4.77. The molecule has 5 nitrogen and oxygen atoms in total. The Bertz CT molecular complexity index is 927. The predicted molar refractivity (Wildman–Crippen MR) is 114 cm³/mol. The Morgan fingerprint density at radius 2 is 1.89 bits per heavy atom. The number of amides is 1. The second-order valence-corrected chi connectivity index (χ2v) is 10.2. The van der Waals surface area contributed by atoms with Gasteiger partial charge in [0.1, 0.15) is 0 Å². The Morgan fingerprint density at radius 1 is 1.18 bits per heavy atom. The van der Waals surface area contributed by atoms with E-state index >= 15 is 0 Å². The van der Waals surface area contributed by atoms with Gasteiger partial charge >= 0.3 is 0 Å². The second-order valence-electron chi connectivity index (χ2n) is 6.93. The molecule has 1 amide bonds. The number of hydrogen-bond donors (Lipinski definition) is 1. The molecule has 2 aromatic carbocycles. The SMILES string of the molecule is CCSc1ccccc1NC(=O)[C@@H]1CCCN(S(=O)(=O)c2ccc(C)cc2)C1. The molecular weight excluding hydrogens is 392 g/mol. The van der Waals surface area contributed by atoms with Crippen LogP contribution >= 0.6 is 11.8 Å². The summed E-state index contributed by atoms with van der Waals surface area (Å²) in [6.45, 7) is 4.65. The van der Waals surface area contributed by atoms with Crippen molar-refractivity contribution in [3.8, 4) is 0 Å². The van der Waals surface area contributed by atoms with Crippen molar-refractivity contribution in [2.24, 2.45) is 5.92 Å². The average Bonchev–Trinajstić information content (AvgIpc) is 2.70. The average molecular weight is 419 g/mol. The number of thioether (sulfide) groups is 1. The molecule has 1 aliphatic rings. The molecule has 1 aliphatic heterocycles. The van der Waals surface area contributed by atoms with Crippen molar-refractivity contribution in [1.29, 1.82) is 0 Å². The van der Waals surface area contributed by atoms with Gasteiger partial charge in [-0.3, -0.25) is 4.79 Å². The maximum atomic E-state index is 13.0. The molecule has 1 heterocycles. The molecule has 0 aromatic heterocycles. The second kappa shape index (κ2) is 9.11. The molecule has 7 heteroatoms. The van der Waals surface area contributed by atoms with Crippen LogP contribution in [0.3, 0.4) is 0 Å². The van der Waals surface area contributed by atoms with Gasteiger partial charge in [0.2, 0.25) is 15.9 Å². The lowest BCUT2D eigenvalue weighted by atomic mass is 9.99. The quantitative estimate of drug-likeness (QED) is 0.716. The number of carbonyl (C=O) groups excluding carboxylic acids is 1. The first-order valence-electron chi connectivity index (χ1n) is 9.51. The molecule has 150 valence electrons. The summed E-state index contributed by atoms with van der Waals surface area (Å²) in [5, 5.41) is 3.00. The molecule has 1 N–H and O–H groups in total. The number of piperidine rings is 1. The first kappa shape index (κ1) is 20.9. The van der Waals surface area contributed by atoms with E-state index in [1.54, 1.807) is 36.0 Å². The molecule has 28 heavy (non-hydrogen) atoms. The van der Waals surface area contributed by atoms with Gasteiger partial charge in [0, 0.05) is 18.0 Å². The number of carbonyl (C=O) groups is 1. The highest BCUT2D eigenvalue weighted by atomic mass is 32.2. The van der Waals surface area contributed by atoms with E-state index in [9.17, 15) is 13.2 Å². The molecule has 0 saturated carbocycles. The van der Waals surface area contributed by atoms with Gasteiger partial charge in [0.05, 0.1) is 16.5 Å². The smallest absolute Gasteiger partial charge is 0.243 e. The van der Waals surface area contributed by atoms with Crippen LogP contribution in [0.15, 0.2) is 58.3 Å². The molecule has 1 saturated heterocycles. The van der Waals surface area contributed by atoms with Crippen molar-refractivity contribution in [3.05, 3.63) is 54.1 Å². The van der Waals surface area contributed by atoms with Gasteiger partial charge in [-0.05, 0) is 49.8 Å². The molecule has 0 aliphatic carbocycles. The zero-order valence-corrected chi connectivity index (χ0v) is 17.9. The Morgan fingerprint density at radius 3 is 2.61 bits per heavy atom. The van der Waals surface area contributed by atoms with E-state index in [1.165, 1.54) is 4.31 Å². The fourth-order valence-corrected chi connectivity index (χ4v) is 5.60. The Kier molecular flexibility index (Phi) is 6.80. The standard InChI is InChI=1S/C21H26N2O3S2/c1-3-27-20-9-5-4-8-19(20)22-21(24)17-7-6-14-23(15-17)28(25,26)18-12-10-16(2)11-13-18/h4-5,8-13,17H,3,6-7,14-15H2,1-2H3,(H,22,24)/t17-/m1/s1. The zero-order valence-electron chi connectivity index (χ0n) is 16.2. The van der Waals surface area contributed by atoms with Gasteiger partial charge in [0.25, 0.3) is 0 Å². The topological polar surface area (TPSA) is 66.5 Å². The molecule has 1 fully saturated rings. The highest BCUT2D eigenvalue weighted by molar-refractivity contribution is 7.99. The normalized spacial score (nSPS) is 18.0. The van der Waals surface area contributed by atoms with Crippen LogP contribution < -0.4 is 5.32 Å². The summed E-state index contributed by atoms with van der Waals surface area (Å²) in [4.78, 5) is 14.1. The largest absolute Gasteiger partial charge is 0.325 e. The van der Waals surface area contributed by atoms with Crippen molar-refractivity contribution in [3.63, 3.8) is 0 Å². The van der Waals surface area contributed by atoms with Crippen molar-refractivity contribution >= 4 is 33.4 Å². The maximum Gasteiger partial charge on any atom is 0.243 e. The molecule has 0 unspecified atom stereocenters. The van der Waals surface area contributed by atoms with Crippen LogP contribution in [-0.4, -0.2) is 37.5 Å².